The minimum atomic E-state index is -0.382. The molecule has 0 spiro atoms. The first-order chi connectivity index (χ1) is 7.11. The van der Waals surface area contributed by atoms with E-state index in [1.807, 2.05) is 0 Å². The van der Waals surface area contributed by atoms with Crippen molar-refractivity contribution in [2.45, 2.75) is 12.5 Å². The Bertz CT molecular complexity index is 368. The second-order valence-corrected chi connectivity index (χ2v) is 4.36. The summed E-state index contributed by atoms with van der Waals surface area (Å²) in [6.45, 7) is 3.64. The largest absolute Gasteiger partial charge is 0.313 e. The van der Waals surface area contributed by atoms with E-state index in [0.717, 1.165) is 0 Å². The quantitative estimate of drug-likeness (QED) is 0.651. The Balaban J connectivity index is 3.13. The Kier molecular flexibility index (Phi) is 4.77. The smallest absolute Gasteiger partial charge is 0.147 e. The van der Waals surface area contributed by atoms with Crippen molar-refractivity contribution in [3.05, 3.63) is 45.7 Å². The second kappa shape index (κ2) is 5.64. The van der Waals surface area contributed by atoms with Crippen LogP contribution in [-0.2, 0) is 0 Å². The lowest BCUT2D eigenvalue weighted by Gasteiger charge is -2.16. The van der Waals surface area contributed by atoms with Crippen LogP contribution in [0.1, 0.15) is 18.0 Å². The summed E-state index contributed by atoms with van der Waals surface area (Å²) >= 11 is 8.99. The molecule has 1 aromatic carbocycles. The number of hydrogen-bond donors (Lipinski definition) is 1. The van der Waals surface area contributed by atoms with Crippen molar-refractivity contribution < 1.29 is 4.39 Å². The fraction of sp³-hybridized carbons (Fsp3) is 0.273. The van der Waals surface area contributed by atoms with E-state index in [4.69, 9.17) is 11.6 Å². The Morgan fingerprint density at radius 3 is 2.87 bits per heavy atom. The van der Waals surface area contributed by atoms with Gasteiger partial charge in [-0.25, -0.2) is 4.39 Å². The fourth-order valence-electron chi connectivity index (χ4n) is 1.38. The van der Waals surface area contributed by atoms with Crippen LogP contribution in [0.4, 0.5) is 4.39 Å². The molecule has 0 amide bonds. The lowest BCUT2D eigenvalue weighted by atomic mass is 10.0. The maximum atomic E-state index is 13.8. The third-order valence-electron chi connectivity index (χ3n) is 2.19. The van der Waals surface area contributed by atoms with Gasteiger partial charge in [-0.15, -0.1) is 6.58 Å². The van der Waals surface area contributed by atoms with Crippen molar-refractivity contribution in [1.29, 1.82) is 0 Å². The highest BCUT2D eigenvalue weighted by atomic mass is 79.9. The predicted octanol–water partition coefficient (Wildman–Crippen LogP) is 4.08. The van der Waals surface area contributed by atoms with E-state index in [2.05, 4.69) is 27.8 Å². The summed E-state index contributed by atoms with van der Waals surface area (Å²) in [4.78, 5) is 0. The van der Waals surface area contributed by atoms with Crippen LogP contribution in [0.25, 0.3) is 0 Å². The molecule has 1 atom stereocenters. The molecular formula is C11H12BrClFN. The van der Waals surface area contributed by atoms with Gasteiger partial charge in [0, 0.05) is 16.1 Å². The third kappa shape index (κ3) is 2.80. The minimum absolute atomic E-state index is 0.0897. The van der Waals surface area contributed by atoms with Crippen molar-refractivity contribution in [1.82, 2.24) is 5.32 Å². The number of nitrogens with one attached hydrogen (secondary N) is 1. The molecule has 0 aromatic heterocycles. The van der Waals surface area contributed by atoms with Crippen LogP contribution in [0, 0.1) is 5.82 Å². The number of rotatable bonds is 4. The van der Waals surface area contributed by atoms with E-state index in [9.17, 15) is 4.39 Å². The van der Waals surface area contributed by atoms with Crippen LogP contribution in [0.15, 0.2) is 29.3 Å². The molecule has 0 fully saturated rings. The highest BCUT2D eigenvalue weighted by Crippen LogP contribution is 2.31. The number of benzene rings is 1. The summed E-state index contributed by atoms with van der Waals surface area (Å²) in [7, 11) is 1.78. The summed E-state index contributed by atoms with van der Waals surface area (Å²) in [5.41, 5.74) is 0.561. The van der Waals surface area contributed by atoms with Crippen molar-refractivity contribution in [3.63, 3.8) is 0 Å². The van der Waals surface area contributed by atoms with Gasteiger partial charge >= 0.3 is 0 Å². The maximum Gasteiger partial charge on any atom is 0.147 e. The average molecular weight is 293 g/mol. The number of halogens is 3. The van der Waals surface area contributed by atoms with E-state index in [1.54, 1.807) is 25.3 Å². The van der Waals surface area contributed by atoms with Crippen molar-refractivity contribution in [2.75, 3.05) is 7.05 Å². The van der Waals surface area contributed by atoms with E-state index in [1.165, 1.54) is 0 Å². The van der Waals surface area contributed by atoms with Gasteiger partial charge < -0.3 is 5.32 Å². The van der Waals surface area contributed by atoms with Crippen LogP contribution < -0.4 is 5.32 Å². The molecule has 0 bridgehead atoms. The van der Waals surface area contributed by atoms with Gasteiger partial charge in [0.05, 0.1) is 5.02 Å². The molecule has 0 saturated carbocycles. The van der Waals surface area contributed by atoms with Gasteiger partial charge in [-0.3, -0.25) is 0 Å². The van der Waals surface area contributed by atoms with Gasteiger partial charge in [0.1, 0.15) is 5.82 Å². The van der Waals surface area contributed by atoms with E-state index < -0.39 is 0 Å². The van der Waals surface area contributed by atoms with Crippen molar-refractivity contribution in [2.24, 2.45) is 0 Å². The van der Waals surface area contributed by atoms with Crippen LogP contribution in [0.3, 0.4) is 0 Å². The molecule has 1 rings (SSSR count). The van der Waals surface area contributed by atoms with Crippen LogP contribution in [0.5, 0.6) is 0 Å². The monoisotopic (exact) mass is 291 g/mol. The van der Waals surface area contributed by atoms with Crippen LogP contribution in [-0.4, -0.2) is 7.05 Å². The van der Waals surface area contributed by atoms with Crippen molar-refractivity contribution in [3.8, 4) is 0 Å². The van der Waals surface area contributed by atoms with Gasteiger partial charge in [0.25, 0.3) is 0 Å². The van der Waals surface area contributed by atoms with Gasteiger partial charge in [0.15, 0.2) is 0 Å². The van der Waals surface area contributed by atoms with Gasteiger partial charge in [-0.1, -0.05) is 23.7 Å². The molecular weight excluding hydrogens is 280 g/mol. The van der Waals surface area contributed by atoms with Gasteiger partial charge in [0.2, 0.25) is 0 Å². The number of hydrogen-bond acceptors (Lipinski definition) is 1. The first kappa shape index (κ1) is 12.7. The maximum absolute atomic E-state index is 13.8. The van der Waals surface area contributed by atoms with E-state index >= 15 is 0 Å². The molecule has 15 heavy (non-hydrogen) atoms. The molecule has 0 radical (unpaired) electrons. The second-order valence-electron chi connectivity index (χ2n) is 3.13. The highest BCUT2D eigenvalue weighted by molar-refractivity contribution is 9.10. The molecule has 1 N–H and O–H groups in total. The normalized spacial score (nSPS) is 12.5. The molecule has 1 aromatic rings. The molecule has 1 nitrogen and oxygen atoms in total. The first-order valence-corrected chi connectivity index (χ1v) is 5.70. The van der Waals surface area contributed by atoms with Crippen LogP contribution in [0.2, 0.25) is 5.02 Å². The summed E-state index contributed by atoms with van der Waals surface area (Å²) in [5, 5.41) is 3.14. The Labute approximate surface area is 102 Å². The molecule has 0 aliphatic carbocycles. The molecule has 0 aliphatic heterocycles. The van der Waals surface area contributed by atoms with Gasteiger partial charge in [-0.05, 0) is 35.5 Å². The van der Waals surface area contributed by atoms with Crippen molar-refractivity contribution >= 4 is 27.5 Å². The summed E-state index contributed by atoms with van der Waals surface area (Å²) < 4.78 is 14.4. The lowest BCUT2D eigenvalue weighted by molar-refractivity contribution is 0.540. The molecule has 0 saturated heterocycles. The highest BCUT2D eigenvalue weighted by Gasteiger charge is 2.16. The molecule has 0 aliphatic rings. The molecule has 82 valence electrons. The Morgan fingerprint density at radius 2 is 2.33 bits per heavy atom. The molecule has 0 heterocycles. The zero-order valence-electron chi connectivity index (χ0n) is 8.36. The minimum Gasteiger partial charge on any atom is -0.313 e. The zero-order chi connectivity index (χ0) is 11.4. The summed E-state index contributed by atoms with van der Waals surface area (Å²) in [6, 6.07) is 3.37. The summed E-state index contributed by atoms with van der Waals surface area (Å²) in [6.07, 6.45) is 2.40. The topological polar surface area (TPSA) is 12.0 Å². The molecule has 4 heteroatoms. The predicted molar refractivity (Wildman–Crippen MR) is 65.7 cm³/mol. The SMILES string of the molecule is C=CCC(NC)c1ccc(Br)c(Cl)c1F. The van der Waals surface area contributed by atoms with Gasteiger partial charge in [-0.2, -0.15) is 0 Å². The van der Waals surface area contributed by atoms with E-state index in [-0.39, 0.29) is 16.9 Å². The zero-order valence-corrected chi connectivity index (χ0v) is 10.7. The van der Waals surface area contributed by atoms with E-state index in [0.29, 0.717) is 16.5 Å². The first-order valence-electron chi connectivity index (χ1n) is 4.53. The molecule has 1 unspecified atom stereocenters. The summed E-state index contributed by atoms with van der Waals surface area (Å²) in [5.74, 6) is -0.382. The lowest BCUT2D eigenvalue weighted by Crippen LogP contribution is -2.17. The third-order valence-corrected chi connectivity index (χ3v) is 3.45. The average Bonchev–Trinajstić information content (AvgIpc) is 2.24. The fourth-order valence-corrected chi connectivity index (χ4v) is 1.86. The Morgan fingerprint density at radius 1 is 1.67 bits per heavy atom. The van der Waals surface area contributed by atoms with Crippen LogP contribution >= 0.6 is 27.5 Å². The standard InChI is InChI=1S/C11H12BrClFN/c1-3-4-9(15-2)7-5-6-8(12)10(13)11(7)14/h3,5-6,9,15H,1,4H2,2H3. The Hall–Kier alpha value is -0.380.